The topological polar surface area (TPSA) is 59.4 Å². The number of halogens is 1. The molecule has 1 heterocycles. The number of carbonyl (C=O) groups is 1. The van der Waals surface area contributed by atoms with Gasteiger partial charge in [-0.3, -0.25) is 4.98 Å². The zero-order chi connectivity index (χ0) is 12.4. The maximum Gasteiger partial charge on any atom is 0.339 e. The summed E-state index contributed by atoms with van der Waals surface area (Å²) in [6.45, 7) is 2.05. The molecule has 0 atom stereocenters. The lowest BCUT2D eigenvalue weighted by atomic mass is 10.1. The highest BCUT2D eigenvalue weighted by Gasteiger charge is 2.14. The van der Waals surface area contributed by atoms with Crippen LogP contribution in [0.25, 0.3) is 10.9 Å². The lowest BCUT2D eigenvalue weighted by molar-refractivity contribution is 0.0525. The molecule has 4 nitrogen and oxygen atoms in total. The first-order valence-electron chi connectivity index (χ1n) is 5.08. The van der Waals surface area contributed by atoms with Gasteiger partial charge in [-0.25, -0.2) is 4.79 Å². The van der Waals surface area contributed by atoms with Crippen molar-refractivity contribution in [2.75, 3.05) is 6.61 Å². The summed E-state index contributed by atoms with van der Waals surface area (Å²) >= 11 is 3.29. The quantitative estimate of drug-likeness (QED) is 0.866. The third kappa shape index (κ3) is 2.24. The van der Waals surface area contributed by atoms with E-state index < -0.39 is 5.97 Å². The summed E-state index contributed by atoms with van der Waals surface area (Å²) in [4.78, 5) is 15.8. The maximum atomic E-state index is 11.7. The van der Waals surface area contributed by atoms with E-state index in [0.717, 1.165) is 0 Å². The first-order valence-corrected chi connectivity index (χ1v) is 5.87. The summed E-state index contributed by atoms with van der Waals surface area (Å²) < 4.78 is 5.53. The fourth-order valence-electron chi connectivity index (χ4n) is 1.52. The van der Waals surface area contributed by atoms with Crippen LogP contribution in [0, 0.1) is 0 Å². The van der Waals surface area contributed by atoms with Gasteiger partial charge in [-0.15, -0.1) is 0 Å². The van der Waals surface area contributed by atoms with Crippen LogP contribution in [0.15, 0.2) is 28.9 Å². The first kappa shape index (κ1) is 11.9. The number of pyridine rings is 1. The number of benzene rings is 1. The normalized spacial score (nSPS) is 10.5. The number of aromatic hydroxyl groups is 1. The number of hydrogen-bond acceptors (Lipinski definition) is 4. The summed E-state index contributed by atoms with van der Waals surface area (Å²) in [6.07, 6.45) is 1.51. The fraction of sp³-hybridized carbons (Fsp3) is 0.167. The second-order valence-corrected chi connectivity index (χ2v) is 4.25. The zero-order valence-corrected chi connectivity index (χ0v) is 10.7. The van der Waals surface area contributed by atoms with Crippen molar-refractivity contribution in [2.24, 2.45) is 0 Å². The molecule has 0 fully saturated rings. The molecule has 0 aliphatic rings. The van der Waals surface area contributed by atoms with Gasteiger partial charge in [0, 0.05) is 16.1 Å². The van der Waals surface area contributed by atoms with Crippen molar-refractivity contribution < 1.29 is 14.6 Å². The molecule has 0 amide bonds. The second-order valence-electron chi connectivity index (χ2n) is 3.40. The highest BCUT2D eigenvalue weighted by atomic mass is 79.9. The van der Waals surface area contributed by atoms with E-state index in [0.29, 0.717) is 27.5 Å². The van der Waals surface area contributed by atoms with Crippen molar-refractivity contribution in [3.63, 3.8) is 0 Å². The van der Waals surface area contributed by atoms with Gasteiger partial charge in [0.25, 0.3) is 0 Å². The van der Waals surface area contributed by atoms with Crippen LogP contribution in [-0.2, 0) is 4.74 Å². The Bertz CT molecular complexity index is 583. The van der Waals surface area contributed by atoms with Crippen molar-refractivity contribution in [1.29, 1.82) is 0 Å². The zero-order valence-electron chi connectivity index (χ0n) is 9.11. The summed E-state index contributed by atoms with van der Waals surface area (Å²) in [5.41, 5.74) is 0.993. The lowest BCUT2D eigenvalue weighted by Crippen LogP contribution is -2.05. The van der Waals surface area contributed by atoms with Gasteiger partial charge >= 0.3 is 5.97 Å². The van der Waals surface area contributed by atoms with E-state index >= 15 is 0 Å². The van der Waals surface area contributed by atoms with Crippen LogP contribution in [0.2, 0.25) is 0 Å². The highest BCUT2D eigenvalue weighted by Crippen LogP contribution is 2.29. The molecule has 0 saturated heterocycles. The van der Waals surface area contributed by atoms with Gasteiger partial charge < -0.3 is 9.84 Å². The Morgan fingerprint density at radius 3 is 3.00 bits per heavy atom. The van der Waals surface area contributed by atoms with Gasteiger partial charge in [-0.1, -0.05) is 0 Å². The molecule has 5 heteroatoms. The Balaban J connectivity index is 2.61. The predicted octanol–water partition coefficient (Wildman–Crippen LogP) is 2.88. The van der Waals surface area contributed by atoms with E-state index in [1.54, 1.807) is 19.1 Å². The Labute approximate surface area is 106 Å². The summed E-state index contributed by atoms with van der Waals surface area (Å²) in [6, 6.07) is 4.73. The minimum Gasteiger partial charge on any atom is -0.507 e. The van der Waals surface area contributed by atoms with Crippen LogP contribution >= 0.6 is 15.9 Å². The molecule has 88 valence electrons. The van der Waals surface area contributed by atoms with Crippen molar-refractivity contribution >= 4 is 32.8 Å². The number of rotatable bonds is 2. The maximum absolute atomic E-state index is 11.7. The van der Waals surface area contributed by atoms with Crippen LogP contribution in [0.3, 0.4) is 0 Å². The molecule has 0 spiro atoms. The molecule has 0 radical (unpaired) electrons. The highest BCUT2D eigenvalue weighted by molar-refractivity contribution is 9.10. The van der Waals surface area contributed by atoms with Gasteiger partial charge in [0.2, 0.25) is 0 Å². The Morgan fingerprint density at radius 2 is 2.29 bits per heavy atom. The fourth-order valence-corrected chi connectivity index (χ4v) is 2.01. The molecule has 0 unspecified atom stereocenters. The van der Waals surface area contributed by atoms with Gasteiger partial charge in [0.15, 0.2) is 0 Å². The van der Waals surface area contributed by atoms with E-state index in [4.69, 9.17) is 4.74 Å². The Hall–Kier alpha value is -1.62. The molecule has 0 aliphatic heterocycles. The van der Waals surface area contributed by atoms with Gasteiger partial charge in [0.1, 0.15) is 5.75 Å². The monoisotopic (exact) mass is 295 g/mol. The molecule has 2 rings (SSSR count). The Kier molecular flexibility index (Phi) is 3.28. The number of esters is 1. The van der Waals surface area contributed by atoms with Gasteiger partial charge in [-0.2, -0.15) is 0 Å². The van der Waals surface area contributed by atoms with Gasteiger partial charge in [0.05, 0.1) is 17.7 Å². The number of fused-ring (bicyclic) bond motifs is 1. The van der Waals surface area contributed by atoms with Crippen molar-refractivity contribution in [3.05, 3.63) is 34.4 Å². The largest absolute Gasteiger partial charge is 0.507 e. The minimum absolute atomic E-state index is 0.0908. The van der Waals surface area contributed by atoms with Crippen LogP contribution in [-0.4, -0.2) is 22.7 Å². The Morgan fingerprint density at radius 1 is 1.53 bits per heavy atom. The van der Waals surface area contributed by atoms with Crippen molar-refractivity contribution in [3.8, 4) is 5.75 Å². The van der Waals surface area contributed by atoms with Gasteiger partial charge in [-0.05, 0) is 41.1 Å². The third-order valence-electron chi connectivity index (χ3n) is 2.30. The molecular formula is C12H10BrNO3. The average Bonchev–Trinajstić information content (AvgIpc) is 2.29. The molecule has 0 aliphatic carbocycles. The lowest BCUT2D eigenvalue weighted by Gasteiger charge is -2.06. The molecule has 1 aromatic heterocycles. The number of nitrogens with zero attached hydrogens (tertiary/aromatic N) is 1. The molecule has 1 N–H and O–H groups in total. The SMILES string of the molecule is CCOC(=O)c1cc2c(O)ccnc2cc1Br. The molecule has 2 aromatic rings. The predicted molar refractivity (Wildman–Crippen MR) is 67.1 cm³/mol. The van der Waals surface area contributed by atoms with Crippen LogP contribution in [0.1, 0.15) is 17.3 Å². The average molecular weight is 296 g/mol. The molecule has 0 bridgehead atoms. The first-order chi connectivity index (χ1) is 8.13. The van der Waals surface area contributed by atoms with Crippen LogP contribution in [0.4, 0.5) is 0 Å². The van der Waals surface area contributed by atoms with E-state index in [1.165, 1.54) is 12.3 Å². The number of aromatic nitrogens is 1. The van der Waals surface area contributed by atoms with E-state index in [2.05, 4.69) is 20.9 Å². The second kappa shape index (κ2) is 4.71. The summed E-state index contributed by atoms with van der Waals surface area (Å²) in [7, 11) is 0. The molecule has 0 saturated carbocycles. The van der Waals surface area contributed by atoms with E-state index in [-0.39, 0.29) is 5.75 Å². The molecular weight excluding hydrogens is 286 g/mol. The number of ether oxygens (including phenoxy) is 1. The van der Waals surface area contributed by atoms with Crippen LogP contribution < -0.4 is 0 Å². The minimum atomic E-state index is -0.426. The van der Waals surface area contributed by atoms with Crippen molar-refractivity contribution in [2.45, 2.75) is 6.92 Å². The third-order valence-corrected chi connectivity index (χ3v) is 2.96. The number of hydrogen-bond donors (Lipinski definition) is 1. The van der Waals surface area contributed by atoms with E-state index in [1.807, 2.05) is 0 Å². The van der Waals surface area contributed by atoms with Crippen LogP contribution in [0.5, 0.6) is 5.75 Å². The summed E-state index contributed by atoms with van der Waals surface area (Å²) in [5, 5.41) is 10.2. The summed E-state index contributed by atoms with van der Waals surface area (Å²) in [5.74, 6) is -0.336. The van der Waals surface area contributed by atoms with E-state index in [9.17, 15) is 9.90 Å². The smallest absolute Gasteiger partial charge is 0.339 e. The standard InChI is InChI=1S/C12H10BrNO3/c1-2-17-12(16)7-5-8-10(6-9(7)13)14-4-3-11(8)15/h3-6H,2H2,1H3,(H,14,15). The number of carbonyl (C=O) groups excluding carboxylic acids is 1. The molecule has 17 heavy (non-hydrogen) atoms. The molecule has 1 aromatic carbocycles. The van der Waals surface area contributed by atoms with Crippen molar-refractivity contribution in [1.82, 2.24) is 4.98 Å².